The Bertz CT molecular complexity index is 848. The SMILES string of the molecule is CCOc1ccc(/C=C/C(=O)NC(=S)NNC(=O)c2ccccc2C)cc1. The van der Waals surface area contributed by atoms with Crippen LogP contribution in [0.25, 0.3) is 6.08 Å². The lowest BCUT2D eigenvalue weighted by Gasteiger charge is -2.10. The highest BCUT2D eigenvalue weighted by Gasteiger charge is 2.08. The molecule has 0 aliphatic rings. The number of hydrogen-bond donors (Lipinski definition) is 3. The summed E-state index contributed by atoms with van der Waals surface area (Å²) < 4.78 is 5.36. The number of benzene rings is 2. The lowest BCUT2D eigenvalue weighted by atomic mass is 10.1. The Morgan fingerprint density at radius 3 is 2.44 bits per heavy atom. The van der Waals surface area contributed by atoms with Crippen LogP contribution in [0.15, 0.2) is 54.6 Å². The molecule has 2 aromatic carbocycles. The van der Waals surface area contributed by atoms with E-state index in [2.05, 4.69) is 16.2 Å². The van der Waals surface area contributed by atoms with Gasteiger partial charge in [-0.25, -0.2) is 0 Å². The average molecular weight is 383 g/mol. The molecule has 0 aromatic heterocycles. The summed E-state index contributed by atoms with van der Waals surface area (Å²) in [6.07, 6.45) is 3.01. The standard InChI is InChI=1S/C20H21N3O3S/c1-3-26-16-11-8-15(9-12-16)10-13-18(24)21-20(27)23-22-19(25)17-7-5-4-6-14(17)2/h4-13H,3H2,1-2H3,(H,22,25)(H2,21,23,24,27)/b13-10+. The second-order valence-corrected chi connectivity index (χ2v) is 5.96. The van der Waals surface area contributed by atoms with Crippen molar-refractivity contribution >= 4 is 35.2 Å². The Morgan fingerprint density at radius 2 is 1.78 bits per heavy atom. The first-order valence-corrected chi connectivity index (χ1v) is 8.78. The zero-order valence-electron chi connectivity index (χ0n) is 15.1. The van der Waals surface area contributed by atoms with E-state index in [0.29, 0.717) is 12.2 Å². The summed E-state index contributed by atoms with van der Waals surface area (Å²) >= 11 is 5.00. The second kappa shape index (κ2) is 10.1. The molecular formula is C20H21N3O3S. The van der Waals surface area contributed by atoms with Gasteiger partial charge in [0.2, 0.25) is 5.91 Å². The first kappa shape index (κ1) is 20.1. The van der Waals surface area contributed by atoms with Crippen LogP contribution < -0.4 is 20.9 Å². The zero-order chi connectivity index (χ0) is 19.6. The van der Waals surface area contributed by atoms with Gasteiger partial charge in [-0.2, -0.15) is 0 Å². The quantitative estimate of drug-likeness (QED) is 0.420. The van der Waals surface area contributed by atoms with E-state index in [0.717, 1.165) is 16.9 Å². The minimum Gasteiger partial charge on any atom is -0.494 e. The Hall–Kier alpha value is -3.19. The van der Waals surface area contributed by atoms with E-state index in [4.69, 9.17) is 17.0 Å². The molecule has 2 amide bonds. The van der Waals surface area contributed by atoms with E-state index in [9.17, 15) is 9.59 Å². The topological polar surface area (TPSA) is 79.5 Å². The van der Waals surface area contributed by atoms with Crippen molar-refractivity contribution in [3.63, 3.8) is 0 Å². The van der Waals surface area contributed by atoms with Gasteiger partial charge >= 0.3 is 0 Å². The normalized spacial score (nSPS) is 10.3. The van der Waals surface area contributed by atoms with Gasteiger partial charge in [-0.05, 0) is 61.5 Å². The maximum atomic E-state index is 12.1. The smallest absolute Gasteiger partial charge is 0.269 e. The van der Waals surface area contributed by atoms with Crippen molar-refractivity contribution in [1.82, 2.24) is 16.2 Å². The number of hydrogen-bond acceptors (Lipinski definition) is 4. The molecule has 27 heavy (non-hydrogen) atoms. The lowest BCUT2D eigenvalue weighted by Crippen LogP contribution is -2.48. The maximum absolute atomic E-state index is 12.1. The highest BCUT2D eigenvalue weighted by Crippen LogP contribution is 2.12. The van der Waals surface area contributed by atoms with Crippen LogP contribution in [0, 0.1) is 6.92 Å². The first-order chi connectivity index (χ1) is 13.0. The number of rotatable bonds is 5. The van der Waals surface area contributed by atoms with Crippen LogP contribution in [0.5, 0.6) is 5.75 Å². The fourth-order valence-electron chi connectivity index (χ4n) is 2.21. The summed E-state index contributed by atoms with van der Waals surface area (Å²) in [5, 5.41) is 2.46. The van der Waals surface area contributed by atoms with Crippen LogP contribution in [-0.4, -0.2) is 23.5 Å². The third-order valence-electron chi connectivity index (χ3n) is 3.53. The molecule has 0 atom stereocenters. The highest BCUT2D eigenvalue weighted by atomic mass is 32.1. The van der Waals surface area contributed by atoms with Crippen molar-refractivity contribution in [1.29, 1.82) is 0 Å². The maximum Gasteiger partial charge on any atom is 0.269 e. The number of ether oxygens (including phenoxy) is 1. The molecule has 0 bridgehead atoms. The molecule has 7 heteroatoms. The first-order valence-electron chi connectivity index (χ1n) is 8.37. The molecule has 0 spiro atoms. The molecule has 2 aromatic rings. The van der Waals surface area contributed by atoms with E-state index in [1.165, 1.54) is 6.08 Å². The monoisotopic (exact) mass is 383 g/mol. The van der Waals surface area contributed by atoms with Crippen molar-refractivity contribution in [2.45, 2.75) is 13.8 Å². The van der Waals surface area contributed by atoms with Crippen molar-refractivity contribution < 1.29 is 14.3 Å². The Kier molecular flexibility index (Phi) is 7.51. The molecule has 0 saturated heterocycles. The average Bonchev–Trinajstić information content (AvgIpc) is 2.66. The summed E-state index contributed by atoms with van der Waals surface area (Å²) in [6, 6.07) is 14.5. The number of carbonyl (C=O) groups is 2. The third kappa shape index (κ3) is 6.56. The van der Waals surface area contributed by atoms with Gasteiger partial charge < -0.3 is 4.74 Å². The summed E-state index contributed by atoms with van der Waals surface area (Å²) in [7, 11) is 0. The molecule has 0 aliphatic carbocycles. The van der Waals surface area contributed by atoms with Crippen molar-refractivity contribution in [2.75, 3.05) is 6.61 Å². The van der Waals surface area contributed by atoms with Crippen molar-refractivity contribution in [3.8, 4) is 5.75 Å². The van der Waals surface area contributed by atoms with Crippen LogP contribution in [0.2, 0.25) is 0 Å². The lowest BCUT2D eigenvalue weighted by molar-refractivity contribution is -0.115. The predicted molar refractivity (Wildman–Crippen MR) is 109 cm³/mol. The Balaban J connectivity index is 1.80. The van der Waals surface area contributed by atoms with E-state index >= 15 is 0 Å². The van der Waals surface area contributed by atoms with Gasteiger partial charge in [0, 0.05) is 11.6 Å². The van der Waals surface area contributed by atoms with E-state index in [-0.39, 0.29) is 11.0 Å². The van der Waals surface area contributed by atoms with Crippen LogP contribution in [0.4, 0.5) is 0 Å². The molecule has 3 N–H and O–H groups in total. The van der Waals surface area contributed by atoms with Crippen LogP contribution in [0.1, 0.15) is 28.4 Å². The number of aryl methyl sites for hydroxylation is 1. The molecule has 0 unspecified atom stereocenters. The van der Waals surface area contributed by atoms with Crippen LogP contribution in [0.3, 0.4) is 0 Å². The summed E-state index contributed by atoms with van der Waals surface area (Å²) in [6.45, 7) is 4.35. The van der Waals surface area contributed by atoms with Crippen LogP contribution >= 0.6 is 12.2 Å². The van der Waals surface area contributed by atoms with Gasteiger partial charge in [0.15, 0.2) is 5.11 Å². The summed E-state index contributed by atoms with van der Waals surface area (Å²) in [5.41, 5.74) is 7.17. The van der Waals surface area contributed by atoms with Gasteiger partial charge in [0.05, 0.1) is 6.61 Å². The number of carbonyl (C=O) groups excluding carboxylic acids is 2. The van der Waals surface area contributed by atoms with Crippen molar-refractivity contribution in [2.24, 2.45) is 0 Å². The molecule has 6 nitrogen and oxygen atoms in total. The molecule has 0 aliphatic heterocycles. The molecule has 0 saturated carbocycles. The van der Waals surface area contributed by atoms with Gasteiger partial charge in [-0.1, -0.05) is 30.3 Å². The van der Waals surface area contributed by atoms with Gasteiger partial charge in [-0.3, -0.25) is 25.8 Å². The Morgan fingerprint density at radius 1 is 1.07 bits per heavy atom. The van der Waals surface area contributed by atoms with Gasteiger partial charge in [0.1, 0.15) is 5.75 Å². The minimum atomic E-state index is -0.411. The van der Waals surface area contributed by atoms with E-state index in [1.54, 1.807) is 18.2 Å². The molecule has 2 rings (SSSR count). The second-order valence-electron chi connectivity index (χ2n) is 5.55. The van der Waals surface area contributed by atoms with Gasteiger partial charge in [0.25, 0.3) is 5.91 Å². The minimum absolute atomic E-state index is 0.00159. The molecule has 0 fully saturated rings. The number of nitrogens with one attached hydrogen (secondary N) is 3. The van der Waals surface area contributed by atoms with Crippen molar-refractivity contribution in [3.05, 3.63) is 71.3 Å². The number of hydrazine groups is 1. The fraction of sp³-hybridized carbons (Fsp3) is 0.150. The highest BCUT2D eigenvalue weighted by molar-refractivity contribution is 7.80. The van der Waals surface area contributed by atoms with Crippen LogP contribution in [-0.2, 0) is 4.79 Å². The predicted octanol–water partition coefficient (Wildman–Crippen LogP) is 2.74. The van der Waals surface area contributed by atoms with E-state index in [1.807, 2.05) is 50.2 Å². The largest absolute Gasteiger partial charge is 0.494 e. The summed E-state index contributed by atoms with van der Waals surface area (Å²) in [5.74, 6) is 0.0232. The molecule has 0 heterocycles. The van der Waals surface area contributed by atoms with Gasteiger partial charge in [-0.15, -0.1) is 0 Å². The van der Waals surface area contributed by atoms with E-state index < -0.39 is 5.91 Å². The fourth-order valence-corrected chi connectivity index (χ4v) is 2.36. The summed E-state index contributed by atoms with van der Waals surface area (Å²) in [4.78, 5) is 24.0. The number of amides is 2. The molecule has 140 valence electrons. The molecular weight excluding hydrogens is 362 g/mol. The Labute approximate surface area is 163 Å². The number of thiocarbonyl (C=S) groups is 1. The molecule has 0 radical (unpaired) electrons. The zero-order valence-corrected chi connectivity index (χ0v) is 15.9. The third-order valence-corrected chi connectivity index (χ3v) is 3.74.